The van der Waals surface area contributed by atoms with E-state index in [1.807, 2.05) is 0 Å². The normalized spacial score (nSPS) is 23.9. The first-order chi connectivity index (χ1) is 8.21. The number of halogens is 1. The van der Waals surface area contributed by atoms with E-state index in [9.17, 15) is 9.50 Å². The number of aliphatic hydroxyl groups excluding tert-OH is 1. The maximum absolute atomic E-state index is 14.0. The molecule has 1 unspecified atom stereocenters. The highest BCUT2D eigenvalue weighted by Gasteiger charge is 2.33. The van der Waals surface area contributed by atoms with E-state index < -0.39 is 0 Å². The molecule has 0 saturated carbocycles. The predicted molar refractivity (Wildman–Crippen MR) is 63.7 cm³/mol. The van der Waals surface area contributed by atoms with Crippen molar-refractivity contribution in [2.45, 2.75) is 24.8 Å². The number of aliphatic hydroxyl groups is 1. The first kappa shape index (κ1) is 12.3. The second kappa shape index (κ2) is 5.02. The van der Waals surface area contributed by atoms with Crippen LogP contribution in [-0.4, -0.2) is 30.9 Å². The van der Waals surface area contributed by atoms with Gasteiger partial charge in [0.15, 0.2) is 11.6 Å². The van der Waals surface area contributed by atoms with Crippen molar-refractivity contribution in [2.24, 2.45) is 0 Å². The second-order valence-corrected chi connectivity index (χ2v) is 4.58. The monoisotopic (exact) mass is 239 g/mol. The molecule has 1 aliphatic heterocycles. The summed E-state index contributed by atoms with van der Waals surface area (Å²) < 4.78 is 19.0. The van der Waals surface area contributed by atoms with E-state index in [0.29, 0.717) is 12.0 Å². The van der Waals surface area contributed by atoms with Gasteiger partial charge >= 0.3 is 0 Å². The van der Waals surface area contributed by atoms with Gasteiger partial charge in [0, 0.05) is 5.54 Å². The summed E-state index contributed by atoms with van der Waals surface area (Å²) in [5.74, 6) is -0.0647. The molecular weight excluding hydrogens is 221 g/mol. The van der Waals surface area contributed by atoms with E-state index in [1.165, 1.54) is 7.11 Å². The van der Waals surface area contributed by atoms with Crippen LogP contribution in [-0.2, 0) is 6.42 Å². The number of hydrogen-bond acceptors (Lipinski definition) is 3. The third-order valence-electron chi connectivity index (χ3n) is 3.43. The van der Waals surface area contributed by atoms with Gasteiger partial charge in [-0.25, -0.2) is 4.39 Å². The van der Waals surface area contributed by atoms with Crippen LogP contribution in [0.3, 0.4) is 0 Å². The lowest BCUT2D eigenvalue weighted by Crippen LogP contribution is -2.45. The van der Waals surface area contributed by atoms with Gasteiger partial charge in [-0.05, 0) is 37.4 Å². The molecule has 1 fully saturated rings. The molecule has 1 aromatic rings. The zero-order valence-electron chi connectivity index (χ0n) is 10.0. The van der Waals surface area contributed by atoms with Gasteiger partial charge in [0.25, 0.3) is 0 Å². The largest absolute Gasteiger partial charge is 0.494 e. The Morgan fingerprint density at radius 1 is 1.53 bits per heavy atom. The number of methoxy groups -OCH3 is 1. The first-order valence-electron chi connectivity index (χ1n) is 5.88. The number of nitrogens with one attached hydrogen (secondary N) is 1. The van der Waals surface area contributed by atoms with Crippen LogP contribution in [0.2, 0.25) is 0 Å². The van der Waals surface area contributed by atoms with Crippen LogP contribution < -0.4 is 10.1 Å². The fraction of sp³-hybridized carbons (Fsp3) is 0.538. The highest BCUT2D eigenvalue weighted by atomic mass is 19.1. The molecule has 2 rings (SSSR count). The SMILES string of the molecule is COc1cccc(CC2(CO)CCCN2)c1F. The van der Waals surface area contributed by atoms with Crippen molar-refractivity contribution < 1.29 is 14.2 Å². The fourth-order valence-electron chi connectivity index (χ4n) is 2.43. The minimum absolute atomic E-state index is 0.0314. The molecule has 4 heteroatoms. The van der Waals surface area contributed by atoms with Crippen LogP contribution in [0.1, 0.15) is 18.4 Å². The second-order valence-electron chi connectivity index (χ2n) is 4.58. The van der Waals surface area contributed by atoms with Crippen molar-refractivity contribution in [2.75, 3.05) is 20.3 Å². The van der Waals surface area contributed by atoms with Crippen molar-refractivity contribution in [3.05, 3.63) is 29.6 Å². The Kier molecular flexibility index (Phi) is 3.64. The molecule has 3 nitrogen and oxygen atoms in total. The summed E-state index contributed by atoms with van der Waals surface area (Å²) in [5.41, 5.74) is 0.223. The van der Waals surface area contributed by atoms with Crippen LogP contribution in [0.4, 0.5) is 4.39 Å². The molecule has 1 aromatic carbocycles. The van der Waals surface area contributed by atoms with Gasteiger partial charge < -0.3 is 15.2 Å². The average Bonchev–Trinajstić information content (AvgIpc) is 2.81. The minimum Gasteiger partial charge on any atom is -0.494 e. The quantitative estimate of drug-likeness (QED) is 0.836. The van der Waals surface area contributed by atoms with Crippen LogP contribution in [0.5, 0.6) is 5.75 Å². The Hall–Kier alpha value is -1.13. The number of benzene rings is 1. The number of ether oxygens (including phenoxy) is 1. The van der Waals surface area contributed by atoms with Crippen molar-refractivity contribution >= 4 is 0 Å². The molecule has 0 bridgehead atoms. The molecule has 94 valence electrons. The third kappa shape index (κ3) is 2.42. The summed E-state index contributed by atoms with van der Waals surface area (Å²) in [5, 5.41) is 12.8. The Balaban J connectivity index is 2.23. The van der Waals surface area contributed by atoms with Crippen molar-refractivity contribution in [1.29, 1.82) is 0 Å². The molecule has 0 aromatic heterocycles. The van der Waals surface area contributed by atoms with Crippen molar-refractivity contribution in [3.63, 3.8) is 0 Å². The fourth-order valence-corrected chi connectivity index (χ4v) is 2.43. The maximum atomic E-state index is 14.0. The minimum atomic E-state index is -0.368. The third-order valence-corrected chi connectivity index (χ3v) is 3.43. The lowest BCUT2D eigenvalue weighted by atomic mass is 9.90. The standard InChI is InChI=1S/C13H18FNO2/c1-17-11-5-2-4-10(12(11)14)8-13(9-16)6-3-7-15-13/h2,4-5,15-16H,3,6-9H2,1H3. The molecule has 0 amide bonds. The van der Waals surface area contributed by atoms with Crippen LogP contribution in [0, 0.1) is 5.82 Å². The van der Waals surface area contributed by atoms with Gasteiger partial charge in [-0.1, -0.05) is 12.1 Å². The van der Waals surface area contributed by atoms with Gasteiger partial charge in [0.05, 0.1) is 13.7 Å². The molecule has 1 heterocycles. The summed E-state index contributed by atoms with van der Waals surface area (Å²) in [6.07, 6.45) is 2.39. The molecule has 1 saturated heterocycles. The average molecular weight is 239 g/mol. The zero-order valence-corrected chi connectivity index (χ0v) is 10.0. The molecule has 0 aliphatic carbocycles. The van der Waals surface area contributed by atoms with Gasteiger partial charge in [-0.2, -0.15) is 0 Å². The van der Waals surface area contributed by atoms with Gasteiger partial charge in [0.2, 0.25) is 0 Å². The Bertz CT molecular complexity index is 389. The lowest BCUT2D eigenvalue weighted by Gasteiger charge is -2.27. The number of rotatable bonds is 4. The molecule has 1 aliphatic rings. The van der Waals surface area contributed by atoms with Gasteiger partial charge in [-0.3, -0.25) is 0 Å². The van der Waals surface area contributed by atoms with Crippen LogP contribution in [0.15, 0.2) is 18.2 Å². The Morgan fingerprint density at radius 3 is 2.94 bits per heavy atom. The summed E-state index contributed by atoms with van der Waals surface area (Å²) in [4.78, 5) is 0. The number of hydrogen-bond donors (Lipinski definition) is 2. The Labute approximate surface area is 101 Å². The summed E-state index contributed by atoms with van der Waals surface area (Å²) in [7, 11) is 1.46. The molecule has 2 N–H and O–H groups in total. The topological polar surface area (TPSA) is 41.5 Å². The lowest BCUT2D eigenvalue weighted by molar-refractivity contribution is 0.176. The Morgan fingerprint density at radius 2 is 2.35 bits per heavy atom. The summed E-state index contributed by atoms with van der Waals surface area (Å²) in [6.45, 7) is 0.912. The van der Waals surface area contributed by atoms with Crippen molar-refractivity contribution in [3.8, 4) is 5.75 Å². The maximum Gasteiger partial charge on any atom is 0.168 e. The summed E-state index contributed by atoms with van der Waals surface area (Å²) in [6, 6.07) is 5.12. The highest BCUT2D eigenvalue weighted by Crippen LogP contribution is 2.28. The zero-order chi connectivity index (χ0) is 12.3. The van der Waals surface area contributed by atoms with E-state index in [1.54, 1.807) is 18.2 Å². The van der Waals surface area contributed by atoms with E-state index in [0.717, 1.165) is 19.4 Å². The smallest absolute Gasteiger partial charge is 0.168 e. The van der Waals surface area contributed by atoms with E-state index in [4.69, 9.17) is 4.74 Å². The van der Waals surface area contributed by atoms with Crippen LogP contribution >= 0.6 is 0 Å². The molecule has 0 radical (unpaired) electrons. The molecule has 17 heavy (non-hydrogen) atoms. The molecular formula is C13H18FNO2. The van der Waals surface area contributed by atoms with Gasteiger partial charge in [0.1, 0.15) is 0 Å². The molecule has 1 atom stereocenters. The van der Waals surface area contributed by atoms with Crippen molar-refractivity contribution in [1.82, 2.24) is 5.32 Å². The van der Waals surface area contributed by atoms with Crippen LogP contribution in [0.25, 0.3) is 0 Å². The van der Waals surface area contributed by atoms with E-state index >= 15 is 0 Å². The van der Waals surface area contributed by atoms with E-state index in [2.05, 4.69) is 5.32 Å². The van der Waals surface area contributed by atoms with E-state index in [-0.39, 0.29) is 23.7 Å². The summed E-state index contributed by atoms with van der Waals surface area (Å²) >= 11 is 0. The van der Waals surface area contributed by atoms with Gasteiger partial charge in [-0.15, -0.1) is 0 Å². The molecule has 0 spiro atoms. The predicted octanol–water partition coefficient (Wildman–Crippen LogP) is 1.49. The highest BCUT2D eigenvalue weighted by molar-refractivity contribution is 5.32. The first-order valence-corrected chi connectivity index (χ1v) is 5.88.